The standard InChI is InChI=1S/C15H30N4O/c1-15(2,3)19-14(16-4)18-11-10-17-13(20)12-8-6-5-7-9-12/h12H,5-11H2,1-4H3,(H,17,20)(H2,16,18,19). The molecule has 0 bridgehead atoms. The van der Waals surface area contributed by atoms with Crippen LogP contribution in [0.2, 0.25) is 0 Å². The topological polar surface area (TPSA) is 65.5 Å². The van der Waals surface area contributed by atoms with Crippen LogP contribution in [0.5, 0.6) is 0 Å². The van der Waals surface area contributed by atoms with Crippen molar-refractivity contribution < 1.29 is 4.79 Å². The first-order valence-corrected chi connectivity index (χ1v) is 7.69. The van der Waals surface area contributed by atoms with Gasteiger partial charge < -0.3 is 16.0 Å². The average Bonchev–Trinajstić information content (AvgIpc) is 2.41. The number of hydrogen-bond donors (Lipinski definition) is 3. The van der Waals surface area contributed by atoms with E-state index < -0.39 is 0 Å². The van der Waals surface area contributed by atoms with E-state index in [1.807, 2.05) is 0 Å². The highest BCUT2D eigenvalue weighted by atomic mass is 16.1. The summed E-state index contributed by atoms with van der Waals surface area (Å²) < 4.78 is 0. The Hall–Kier alpha value is -1.26. The largest absolute Gasteiger partial charge is 0.355 e. The molecule has 0 heterocycles. The molecule has 3 N–H and O–H groups in total. The van der Waals surface area contributed by atoms with Crippen LogP contribution in [0.4, 0.5) is 0 Å². The van der Waals surface area contributed by atoms with Gasteiger partial charge in [-0.3, -0.25) is 9.79 Å². The van der Waals surface area contributed by atoms with Gasteiger partial charge >= 0.3 is 0 Å². The van der Waals surface area contributed by atoms with Gasteiger partial charge in [0.05, 0.1) is 0 Å². The van der Waals surface area contributed by atoms with Gasteiger partial charge in [-0.05, 0) is 33.6 Å². The molecule has 1 amide bonds. The van der Waals surface area contributed by atoms with E-state index in [1.165, 1.54) is 19.3 Å². The van der Waals surface area contributed by atoms with Gasteiger partial charge in [0.15, 0.2) is 5.96 Å². The number of nitrogens with one attached hydrogen (secondary N) is 3. The van der Waals surface area contributed by atoms with Crippen LogP contribution in [0.3, 0.4) is 0 Å². The second-order valence-electron chi connectivity index (χ2n) is 6.50. The zero-order chi connectivity index (χ0) is 15.0. The Morgan fingerprint density at radius 3 is 2.25 bits per heavy atom. The Bertz CT molecular complexity index is 327. The minimum atomic E-state index is -0.0206. The normalized spacial score (nSPS) is 17.7. The van der Waals surface area contributed by atoms with Gasteiger partial charge in [-0.15, -0.1) is 0 Å². The summed E-state index contributed by atoms with van der Waals surface area (Å²) in [4.78, 5) is 16.1. The molecular weight excluding hydrogens is 252 g/mol. The molecule has 0 aromatic heterocycles. The summed E-state index contributed by atoms with van der Waals surface area (Å²) in [5.41, 5.74) is -0.0206. The fourth-order valence-corrected chi connectivity index (χ4v) is 2.41. The fourth-order valence-electron chi connectivity index (χ4n) is 2.41. The summed E-state index contributed by atoms with van der Waals surface area (Å²) in [5, 5.41) is 9.50. The first kappa shape index (κ1) is 16.8. The summed E-state index contributed by atoms with van der Waals surface area (Å²) in [6, 6.07) is 0. The molecule has 1 aliphatic carbocycles. The quantitative estimate of drug-likeness (QED) is 0.417. The summed E-state index contributed by atoms with van der Waals surface area (Å²) in [5.74, 6) is 1.21. The van der Waals surface area contributed by atoms with Crippen molar-refractivity contribution in [2.45, 2.75) is 58.4 Å². The monoisotopic (exact) mass is 282 g/mol. The molecule has 0 saturated heterocycles. The predicted octanol–water partition coefficient (Wildman–Crippen LogP) is 1.65. The first-order valence-electron chi connectivity index (χ1n) is 7.69. The molecule has 5 nitrogen and oxygen atoms in total. The summed E-state index contributed by atoms with van der Waals surface area (Å²) in [6.07, 6.45) is 5.76. The zero-order valence-electron chi connectivity index (χ0n) is 13.4. The Kier molecular flexibility index (Phi) is 6.82. The molecule has 5 heteroatoms. The fraction of sp³-hybridized carbons (Fsp3) is 0.867. The summed E-state index contributed by atoms with van der Waals surface area (Å²) in [7, 11) is 1.75. The molecule has 0 unspecified atom stereocenters. The van der Waals surface area contributed by atoms with E-state index in [9.17, 15) is 4.79 Å². The third-order valence-corrected chi connectivity index (χ3v) is 3.41. The van der Waals surface area contributed by atoms with Crippen molar-refractivity contribution in [2.24, 2.45) is 10.9 Å². The lowest BCUT2D eigenvalue weighted by Gasteiger charge is -2.24. The number of carbonyl (C=O) groups is 1. The van der Waals surface area contributed by atoms with Crippen molar-refractivity contribution in [3.8, 4) is 0 Å². The maximum atomic E-state index is 12.0. The molecule has 1 saturated carbocycles. The third-order valence-electron chi connectivity index (χ3n) is 3.41. The minimum absolute atomic E-state index is 0.0206. The van der Waals surface area contributed by atoms with Crippen LogP contribution in [0.1, 0.15) is 52.9 Å². The van der Waals surface area contributed by atoms with E-state index in [0.29, 0.717) is 13.1 Å². The zero-order valence-corrected chi connectivity index (χ0v) is 13.4. The molecular formula is C15H30N4O. The SMILES string of the molecule is CN=C(NCCNC(=O)C1CCCCC1)NC(C)(C)C. The van der Waals surface area contributed by atoms with Crippen LogP contribution >= 0.6 is 0 Å². The van der Waals surface area contributed by atoms with Gasteiger partial charge in [0.25, 0.3) is 0 Å². The van der Waals surface area contributed by atoms with E-state index in [1.54, 1.807) is 7.05 Å². The Morgan fingerprint density at radius 1 is 1.10 bits per heavy atom. The van der Waals surface area contributed by atoms with E-state index in [4.69, 9.17) is 0 Å². The molecule has 0 atom stereocenters. The van der Waals surface area contributed by atoms with E-state index in [0.717, 1.165) is 18.8 Å². The molecule has 0 radical (unpaired) electrons. The number of carbonyl (C=O) groups excluding carboxylic acids is 1. The molecule has 0 spiro atoms. The smallest absolute Gasteiger partial charge is 0.223 e. The molecule has 1 aliphatic rings. The van der Waals surface area contributed by atoms with Gasteiger partial charge in [0, 0.05) is 31.6 Å². The Morgan fingerprint density at radius 2 is 1.70 bits per heavy atom. The highest BCUT2D eigenvalue weighted by Crippen LogP contribution is 2.23. The van der Waals surface area contributed by atoms with Crippen molar-refractivity contribution in [1.82, 2.24) is 16.0 Å². The Balaban J connectivity index is 2.18. The molecule has 116 valence electrons. The Labute approximate surface area is 123 Å². The van der Waals surface area contributed by atoms with E-state index in [2.05, 4.69) is 41.7 Å². The van der Waals surface area contributed by atoms with Gasteiger partial charge in [-0.25, -0.2) is 0 Å². The highest BCUT2D eigenvalue weighted by molar-refractivity contribution is 5.80. The summed E-state index contributed by atoms with van der Waals surface area (Å²) >= 11 is 0. The van der Waals surface area contributed by atoms with Gasteiger partial charge in [-0.2, -0.15) is 0 Å². The number of nitrogens with zero attached hydrogens (tertiary/aromatic N) is 1. The van der Waals surface area contributed by atoms with Gasteiger partial charge in [0.1, 0.15) is 0 Å². The van der Waals surface area contributed by atoms with Crippen molar-refractivity contribution in [3.05, 3.63) is 0 Å². The van der Waals surface area contributed by atoms with Crippen LogP contribution in [0.15, 0.2) is 4.99 Å². The maximum Gasteiger partial charge on any atom is 0.223 e. The van der Waals surface area contributed by atoms with Crippen molar-refractivity contribution >= 4 is 11.9 Å². The number of hydrogen-bond acceptors (Lipinski definition) is 2. The van der Waals surface area contributed by atoms with Crippen molar-refractivity contribution in [2.75, 3.05) is 20.1 Å². The van der Waals surface area contributed by atoms with E-state index in [-0.39, 0.29) is 17.4 Å². The lowest BCUT2D eigenvalue weighted by molar-refractivity contribution is -0.125. The van der Waals surface area contributed by atoms with Gasteiger partial charge in [-0.1, -0.05) is 19.3 Å². The molecule has 0 aromatic rings. The van der Waals surface area contributed by atoms with Crippen LogP contribution < -0.4 is 16.0 Å². The van der Waals surface area contributed by atoms with Crippen LogP contribution in [0, 0.1) is 5.92 Å². The number of rotatable bonds is 4. The molecule has 0 aromatic carbocycles. The second kappa shape index (κ2) is 8.12. The highest BCUT2D eigenvalue weighted by Gasteiger charge is 2.20. The van der Waals surface area contributed by atoms with Crippen LogP contribution in [-0.2, 0) is 4.79 Å². The number of aliphatic imine (C=N–C) groups is 1. The second-order valence-corrected chi connectivity index (χ2v) is 6.50. The number of amides is 1. The average molecular weight is 282 g/mol. The molecule has 1 fully saturated rings. The predicted molar refractivity (Wildman–Crippen MR) is 83.8 cm³/mol. The molecule has 1 rings (SSSR count). The number of guanidine groups is 1. The molecule has 0 aliphatic heterocycles. The van der Waals surface area contributed by atoms with Crippen LogP contribution in [-0.4, -0.2) is 37.5 Å². The lowest BCUT2D eigenvalue weighted by atomic mass is 9.89. The van der Waals surface area contributed by atoms with Crippen molar-refractivity contribution in [1.29, 1.82) is 0 Å². The third kappa shape index (κ3) is 6.78. The summed E-state index contributed by atoms with van der Waals surface area (Å²) in [6.45, 7) is 7.59. The first-order chi connectivity index (χ1) is 9.42. The lowest BCUT2D eigenvalue weighted by Crippen LogP contribution is -2.49. The maximum absolute atomic E-state index is 12.0. The molecule has 20 heavy (non-hydrogen) atoms. The van der Waals surface area contributed by atoms with Crippen LogP contribution in [0.25, 0.3) is 0 Å². The minimum Gasteiger partial charge on any atom is -0.355 e. The van der Waals surface area contributed by atoms with Crippen molar-refractivity contribution in [3.63, 3.8) is 0 Å². The van der Waals surface area contributed by atoms with Gasteiger partial charge in [0.2, 0.25) is 5.91 Å². The van der Waals surface area contributed by atoms with E-state index >= 15 is 0 Å².